The Kier molecular flexibility index (Phi) is 2.64. The third-order valence-corrected chi connectivity index (χ3v) is 4.02. The Morgan fingerprint density at radius 2 is 2.00 bits per heavy atom. The first kappa shape index (κ1) is 11.4. The maximum absolute atomic E-state index is 11.5. The van der Waals surface area contributed by atoms with Crippen LogP contribution in [0.15, 0.2) is 21.5 Å². The number of nitrogens with two attached hydrogens (primary N) is 1. The molecule has 1 aliphatic rings. The third kappa shape index (κ3) is 1.91. The molecule has 1 heterocycles. The summed E-state index contributed by atoms with van der Waals surface area (Å²) in [6, 6.07) is 2.77. The van der Waals surface area contributed by atoms with E-state index in [9.17, 15) is 13.2 Å². The summed E-state index contributed by atoms with van der Waals surface area (Å²) in [7, 11) is -3.85. The van der Waals surface area contributed by atoms with E-state index in [1.807, 2.05) is 0 Å². The summed E-state index contributed by atoms with van der Waals surface area (Å²) < 4.78 is 22.8. The molecule has 1 aromatic rings. The van der Waals surface area contributed by atoms with Crippen LogP contribution in [-0.2, 0) is 10.0 Å². The number of amides is 1. The molecule has 6 nitrogen and oxygen atoms in total. The molecule has 0 atom stereocenters. The average Bonchev–Trinajstić information content (AvgIpc) is 2.15. The van der Waals surface area contributed by atoms with Crippen molar-refractivity contribution in [3.63, 3.8) is 0 Å². The fourth-order valence-corrected chi connectivity index (χ4v) is 3.05. The number of benzene rings is 1. The van der Waals surface area contributed by atoms with Gasteiger partial charge in [-0.15, -0.1) is 0 Å². The Morgan fingerprint density at radius 1 is 1.31 bits per heavy atom. The van der Waals surface area contributed by atoms with Crippen LogP contribution in [0.3, 0.4) is 0 Å². The molecule has 0 saturated carbocycles. The van der Waals surface area contributed by atoms with Crippen molar-refractivity contribution < 1.29 is 13.2 Å². The molecule has 0 bridgehead atoms. The molecule has 1 amide bonds. The first-order valence-corrected chi connectivity index (χ1v) is 6.62. The van der Waals surface area contributed by atoms with Crippen molar-refractivity contribution in [1.82, 2.24) is 5.32 Å². The number of fused-ring (bicyclic) bond motifs is 1. The van der Waals surface area contributed by atoms with Crippen molar-refractivity contribution in [3.8, 4) is 0 Å². The van der Waals surface area contributed by atoms with Crippen molar-refractivity contribution in [2.75, 3.05) is 12.0 Å². The van der Waals surface area contributed by atoms with Gasteiger partial charge in [-0.1, -0.05) is 0 Å². The van der Waals surface area contributed by atoms with Crippen LogP contribution in [0.25, 0.3) is 0 Å². The Labute approximate surface area is 100 Å². The topological polar surface area (TPSA) is 101 Å². The van der Waals surface area contributed by atoms with E-state index in [4.69, 9.17) is 5.14 Å². The summed E-state index contributed by atoms with van der Waals surface area (Å²) in [6.07, 6.45) is 0. The fraction of sp³-hybridized carbons (Fsp3) is 0.125. The summed E-state index contributed by atoms with van der Waals surface area (Å²) in [6.45, 7) is 0.312. The number of nitrogens with one attached hydrogen (secondary N) is 2. The average molecular weight is 306 g/mol. The molecule has 2 rings (SSSR count). The Hall–Kier alpha value is -1.12. The van der Waals surface area contributed by atoms with Crippen LogP contribution in [0.5, 0.6) is 0 Å². The van der Waals surface area contributed by atoms with Crippen molar-refractivity contribution in [1.29, 1.82) is 0 Å². The van der Waals surface area contributed by atoms with Crippen LogP contribution in [0.2, 0.25) is 0 Å². The van der Waals surface area contributed by atoms with E-state index >= 15 is 0 Å². The van der Waals surface area contributed by atoms with E-state index in [-0.39, 0.29) is 16.4 Å². The molecule has 0 radical (unpaired) electrons. The maximum Gasteiger partial charge on any atom is 0.254 e. The molecular weight excluding hydrogens is 298 g/mol. The van der Waals surface area contributed by atoms with Gasteiger partial charge in [0.2, 0.25) is 10.0 Å². The third-order valence-electron chi connectivity index (χ3n) is 2.15. The van der Waals surface area contributed by atoms with E-state index in [2.05, 4.69) is 26.6 Å². The van der Waals surface area contributed by atoms with Crippen molar-refractivity contribution >= 4 is 37.5 Å². The Balaban J connectivity index is 2.68. The summed E-state index contributed by atoms with van der Waals surface area (Å²) in [5.41, 5.74) is 0.835. The van der Waals surface area contributed by atoms with Crippen LogP contribution in [0.4, 0.5) is 5.69 Å². The van der Waals surface area contributed by atoms with Gasteiger partial charge in [0.25, 0.3) is 5.91 Å². The number of carbonyl (C=O) groups excluding carboxylic acids is 1. The summed E-state index contributed by atoms with van der Waals surface area (Å²) in [5, 5.41) is 10.5. The zero-order chi connectivity index (χ0) is 11.9. The zero-order valence-corrected chi connectivity index (χ0v) is 10.4. The van der Waals surface area contributed by atoms with Crippen LogP contribution in [0.1, 0.15) is 10.4 Å². The molecule has 4 N–H and O–H groups in total. The number of halogens is 1. The number of carbonyl (C=O) groups is 1. The highest BCUT2D eigenvalue weighted by Gasteiger charge is 2.22. The van der Waals surface area contributed by atoms with E-state index in [0.717, 1.165) is 0 Å². The van der Waals surface area contributed by atoms with Crippen LogP contribution in [0, 0.1) is 0 Å². The van der Waals surface area contributed by atoms with Crippen molar-refractivity contribution in [2.24, 2.45) is 5.14 Å². The first-order chi connectivity index (χ1) is 7.39. The smallest absolute Gasteiger partial charge is 0.254 e. The van der Waals surface area contributed by atoms with Gasteiger partial charge in [0, 0.05) is 10.2 Å². The van der Waals surface area contributed by atoms with Gasteiger partial charge < -0.3 is 10.6 Å². The molecule has 86 valence electrons. The molecule has 16 heavy (non-hydrogen) atoms. The van der Waals surface area contributed by atoms with Crippen LogP contribution >= 0.6 is 15.9 Å². The molecule has 0 fully saturated rings. The minimum Gasteiger partial charge on any atom is -0.367 e. The number of anilines is 1. The van der Waals surface area contributed by atoms with Crippen LogP contribution in [-0.4, -0.2) is 21.0 Å². The second-order valence-electron chi connectivity index (χ2n) is 3.23. The Morgan fingerprint density at radius 3 is 2.62 bits per heavy atom. The highest BCUT2D eigenvalue weighted by Crippen LogP contribution is 2.29. The quantitative estimate of drug-likeness (QED) is 0.690. The maximum atomic E-state index is 11.5. The number of sulfonamides is 1. The van der Waals surface area contributed by atoms with E-state index in [1.54, 1.807) is 0 Å². The van der Waals surface area contributed by atoms with Gasteiger partial charge in [-0.05, 0) is 28.1 Å². The van der Waals surface area contributed by atoms with E-state index < -0.39 is 10.0 Å². The summed E-state index contributed by atoms with van der Waals surface area (Å²) in [4.78, 5) is 11.4. The number of rotatable bonds is 1. The van der Waals surface area contributed by atoms with E-state index in [1.165, 1.54) is 12.1 Å². The lowest BCUT2D eigenvalue weighted by atomic mass is 10.1. The minimum atomic E-state index is -3.85. The second-order valence-corrected chi connectivity index (χ2v) is 5.62. The molecule has 0 unspecified atom stereocenters. The second kappa shape index (κ2) is 3.72. The fourth-order valence-electron chi connectivity index (χ4n) is 1.42. The van der Waals surface area contributed by atoms with Crippen LogP contribution < -0.4 is 15.8 Å². The number of hydrogen-bond acceptors (Lipinski definition) is 4. The Bertz CT molecular complexity index is 570. The van der Waals surface area contributed by atoms with Gasteiger partial charge in [-0.2, -0.15) is 0 Å². The predicted molar refractivity (Wildman–Crippen MR) is 61.5 cm³/mol. The largest absolute Gasteiger partial charge is 0.367 e. The highest BCUT2D eigenvalue weighted by atomic mass is 79.9. The normalized spacial score (nSPS) is 15.0. The number of hydrogen-bond donors (Lipinski definition) is 3. The van der Waals surface area contributed by atoms with Gasteiger partial charge in [0.15, 0.2) is 0 Å². The van der Waals surface area contributed by atoms with Gasteiger partial charge in [0.05, 0.1) is 17.1 Å². The SMILES string of the molecule is NS(=O)(=O)c1cc2c(cc1Br)NCNC2=O. The standard InChI is InChI=1S/C8H8BrN3O3S/c9-5-2-6-4(8(13)12-3-11-6)1-7(5)16(10,14)15/h1-2,11H,3H2,(H,12,13)(H2,10,14,15). The van der Waals surface area contributed by atoms with Gasteiger partial charge >= 0.3 is 0 Å². The first-order valence-electron chi connectivity index (χ1n) is 4.28. The highest BCUT2D eigenvalue weighted by molar-refractivity contribution is 9.10. The van der Waals surface area contributed by atoms with Gasteiger partial charge in [-0.3, -0.25) is 4.79 Å². The lowest BCUT2D eigenvalue weighted by molar-refractivity contribution is 0.0952. The molecule has 8 heteroatoms. The van der Waals surface area contributed by atoms with Crippen molar-refractivity contribution in [3.05, 3.63) is 22.2 Å². The summed E-state index contributed by atoms with van der Waals surface area (Å²) in [5.74, 6) is -0.328. The molecule has 1 aliphatic heterocycles. The monoisotopic (exact) mass is 305 g/mol. The molecule has 0 aliphatic carbocycles. The number of primary sulfonamides is 1. The lowest BCUT2D eigenvalue weighted by Gasteiger charge is -2.19. The summed E-state index contributed by atoms with van der Waals surface area (Å²) >= 11 is 3.10. The van der Waals surface area contributed by atoms with Crippen molar-refractivity contribution in [2.45, 2.75) is 4.90 Å². The van der Waals surface area contributed by atoms with Gasteiger partial charge in [-0.25, -0.2) is 13.6 Å². The molecule has 0 aromatic heterocycles. The van der Waals surface area contributed by atoms with Gasteiger partial charge in [0.1, 0.15) is 0 Å². The molecular formula is C8H8BrN3O3S. The van der Waals surface area contributed by atoms with E-state index in [0.29, 0.717) is 16.8 Å². The molecule has 0 spiro atoms. The lowest BCUT2D eigenvalue weighted by Crippen LogP contribution is -2.35. The molecule has 0 saturated heterocycles. The molecule has 1 aromatic carbocycles. The predicted octanol–water partition coefficient (Wildman–Crippen LogP) is 0.209. The zero-order valence-electron chi connectivity index (χ0n) is 7.95. The minimum absolute atomic E-state index is 0.106.